The van der Waals surface area contributed by atoms with Crippen LogP contribution in [0.5, 0.6) is 0 Å². The molecular formula is C25H22F3N3O. The highest BCUT2D eigenvalue weighted by Gasteiger charge is 2.55. The third-order valence-corrected chi connectivity index (χ3v) is 6.18. The molecule has 0 radical (unpaired) electrons. The van der Waals surface area contributed by atoms with E-state index in [4.69, 9.17) is 0 Å². The number of fused-ring (bicyclic) bond motifs is 2. The van der Waals surface area contributed by atoms with Crippen molar-refractivity contribution in [2.45, 2.75) is 24.7 Å². The average molecular weight is 437 g/mol. The fraction of sp³-hybridized carbons (Fsp3) is 0.240. The van der Waals surface area contributed by atoms with Gasteiger partial charge >= 0.3 is 6.18 Å². The summed E-state index contributed by atoms with van der Waals surface area (Å²) in [7, 11) is 0. The van der Waals surface area contributed by atoms with E-state index in [0.717, 1.165) is 16.8 Å². The molecule has 1 aromatic heterocycles. The molecule has 4 aromatic rings. The first-order valence-electron chi connectivity index (χ1n) is 10.5. The molecule has 3 aromatic carbocycles. The van der Waals surface area contributed by atoms with Crippen molar-refractivity contribution in [1.29, 1.82) is 0 Å². The largest absolute Gasteiger partial charge is 0.422 e. The van der Waals surface area contributed by atoms with Crippen LogP contribution in [0.15, 0.2) is 79.0 Å². The molecule has 0 saturated carbocycles. The van der Waals surface area contributed by atoms with E-state index in [2.05, 4.69) is 5.10 Å². The van der Waals surface area contributed by atoms with Gasteiger partial charge in [0.1, 0.15) is 0 Å². The van der Waals surface area contributed by atoms with E-state index >= 15 is 0 Å². The van der Waals surface area contributed by atoms with Gasteiger partial charge in [0, 0.05) is 25.0 Å². The van der Waals surface area contributed by atoms with E-state index in [1.807, 2.05) is 54.6 Å². The number of benzene rings is 3. The molecule has 4 nitrogen and oxygen atoms in total. The molecule has 1 aliphatic heterocycles. The summed E-state index contributed by atoms with van der Waals surface area (Å²) in [5.74, 6) is 0. The lowest BCUT2D eigenvalue weighted by Crippen LogP contribution is -2.52. The average Bonchev–Trinajstić information content (AvgIpc) is 3.22. The Morgan fingerprint density at radius 3 is 2.38 bits per heavy atom. The summed E-state index contributed by atoms with van der Waals surface area (Å²) in [6, 6.07) is 21.5. The molecule has 164 valence electrons. The van der Waals surface area contributed by atoms with Crippen molar-refractivity contribution in [2.75, 3.05) is 13.1 Å². The second-order valence-electron chi connectivity index (χ2n) is 8.25. The second-order valence-corrected chi connectivity index (χ2v) is 8.25. The summed E-state index contributed by atoms with van der Waals surface area (Å²) in [5.41, 5.74) is 0.480. The minimum Gasteiger partial charge on any atom is -0.375 e. The van der Waals surface area contributed by atoms with E-state index < -0.39 is 18.3 Å². The van der Waals surface area contributed by atoms with Gasteiger partial charge in [0.2, 0.25) is 0 Å². The maximum Gasteiger partial charge on any atom is 0.422 e. The Kier molecular flexibility index (Phi) is 5.03. The van der Waals surface area contributed by atoms with Crippen molar-refractivity contribution < 1.29 is 18.3 Å². The third-order valence-electron chi connectivity index (χ3n) is 6.18. The van der Waals surface area contributed by atoms with E-state index in [0.29, 0.717) is 30.4 Å². The molecule has 1 aliphatic rings. The maximum atomic E-state index is 14.2. The summed E-state index contributed by atoms with van der Waals surface area (Å²) in [4.78, 5) is 1.67. The van der Waals surface area contributed by atoms with E-state index in [9.17, 15) is 18.3 Å². The van der Waals surface area contributed by atoms with Gasteiger partial charge in [-0.3, -0.25) is 4.90 Å². The minimum absolute atomic E-state index is 0.177. The number of para-hydroxylation sites is 1. The Labute approximate surface area is 183 Å². The second kappa shape index (κ2) is 7.76. The molecule has 2 heterocycles. The number of aromatic nitrogens is 2. The Morgan fingerprint density at radius 1 is 0.906 bits per heavy atom. The summed E-state index contributed by atoms with van der Waals surface area (Å²) in [5, 5.41) is 15.9. The zero-order chi connectivity index (χ0) is 22.3. The fourth-order valence-electron chi connectivity index (χ4n) is 4.42. The number of nitrogens with zero attached hydrogens (tertiary/aromatic N) is 3. The number of rotatable bonds is 4. The fourth-order valence-corrected chi connectivity index (χ4v) is 4.42. The van der Waals surface area contributed by atoms with Gasteiger partial charge in [-0.25, -0.2) is 4.68 Å². The molecule has 1 unspecified atom stereocenters. The molecule has 32 heavy (non-hydrogen) atoms. The van der Waals surface area contributed by atoms with Gasteiger partial charge in [-0.2, -0.15) is 18.3 Å². The van der Waals surface area contributed by atoms with E-state index in [1.165, 1.54) is 18.3 Å². The molecule has 1 N–H and O–H groups in total. The quantitative estimate of drug-likeness (QED) is 0.497. The van der Waals surface area contributed by atoms with Crippen LogP contribution in [-0.4, -0.2) is 39.1 Å². The van der Waals surface area contributed by atoms with Crippen LogP contribution in [0.3, 0.4) is 0 Å². The maximum absolute atomic E-state index is 14.2. The van der Waals surface area contributed by atoms with Crippen LogP contribution in [0.2, 0.25) is 0 Å². The monoisotopic (exact) mass is 437 g/mol. The zero-order valence-electron chi connectivity index (χ0n) is 17.3. The molecule has 0 amide bonds. The molecule has 0 bridgehead atoms. The van der Waals surface area contributed by atoms with Gasteiger partial charge in [0.05, 0.1) is 17.4 Å². The Morgan fingerprint density at radius 2 is 1.62 bits per heavy atom. The summed E-state index contributed by atoms with van der Waals surface area (Å²) in [6.45, 7) is 0.315. The van der Waals surface area contributed by atoms with Gasteiger partial charge in [-0.1, -0.05) is 48.5 Å². The number of hydrogen-bond donors (Lipinski definition) is 1. The van der Waals surface area contributed by atoms with Crippen LogP contribution in [-0.2, 0) is 18.6 Å². The molecule has 1 atom stereocenters. The summed E-state index contributed by atoms with van der Waals surface area (Å²) in [6.07, 6.45) is -2.64. The normalized spacial score (nSPS) is 16.6. The highest BCUT2D eigenvalue weighted by molar-refractivity contribution is 5.81. The molecule has 0 fully saturated rings. The Bertz CT molecular complexity index is 1250. The van der Waals surface area contributed by atoms with Crippen LogP contribution in [0.4, 0.5) is 13.2 Å². The number of hydrogen-bond acceptors (Lipinski definition) is 3. The smallest absolute Gasteiger partial charge is 0.375 e. The van der Waals surface area contributed by atoms with Crippen molar-refractivity contribution in [2.24, 2.45) is 0 Å². The highest BCUT2D eigenvalue weighted by Crippen LogP contribution is 2.41. The first kappa shape index (κ1) is 20.7. The first-order chi connectivity index (χ1) is 15.3. The Balaban J connectivity index is 1.49. The van der Waals surface area contributed by atoms with Crippen LogP contribution >= 0.6 is 0 Å². The lowest BCUT2D eigenvalue weighted by Gasteiger charge is -2.38. The molecular weight excluding hydrogens is 415 g/mol. The Hall–Kier alpha value is -3.16. The van der Waals surface area contributed by atoms with Crippen molar-refractivity contribution in [1.82, 2.24) is 14.7 Å². The van der Waals surface area contributed by atoms with E-state index in [-0.39, 0.29) is 5.56 Å². The van der Waals surface area contributed by atoms with Crippen molar-refractivity contribution >= 4 is 10.9 Å². The number of halogens is 3. The van der Waals surface area contributed by atoms with Crippen LogP contribution in [0.25, 0.3) is 16.6 Å². The number of alkyl halides is 3. The van der Waals surface area contributed by atoms with Crippen molar-refractivity contribution in [3.63, 3.8) is 0 Å². The van der Waals surface area contributed by atoms with Crippen LogP contribution < -0.4 is 0 Å². The molecule has 5 rings (SSSR count). The highest BCUT2D eigenvalue weighted by atomic mass is 19.4. The predicted octanol–water partition coefficient (Wildman–Crippen LogP) is 4.83. The lowest BCUT2D eigenvalue weighted by molar-refractivity contribution is -0.272. The molecule has 7 heteroatoms. The van der Waals surface area contributed by atoms with Gasteiger partial charge in [-0.05, 0) is 47.4 Å². The minimum atomic E-state index is -4.83. The summed E-state index contributed by atoms with van der Waals surface area (Å²) >= 11 is 0. The standard InChI is InChI=1S/C25H22F3N3O/c26-25(27,28)24(32,17-30-13-12-18-6-4-5-7-19(18)16-30)21-10-11-23-20(14-21)15-29-31(23)22-8-2-1-3-9-22/h1-11,14-15,32H,12-13,16-17H2. The van der Waals surface area contributed by atoms with Crippen molar-refractivity contribution in [3.8, 4) is 5.69 Å². The van der Waals surface area contributed by atoms with Crippen LogP contribution in [0.1, 0.15) is 16.7 Å². The molecule has 0 aliphatic carbocycles. The predicted molar refractivity (Wildman–Crippen MR) is 116 cm³/mol. The zero-order valence-corrected chi connectivity index (χ0v) is 17.3. The van der Waals surface area contributed by atoms with Gasteiger partial charge in [0.25, 0.3) is 0 Å². The van der Waals surface area contributed by atoms with Gasteiger partial charge in [-0.15, -0.1) is 0 Å². The topological polar surface area (TPSA) is 41.3 Å². The number of β-amino-alcohol motifs (C(OH)–C–C–N with tert-alkyl or cyclic N) is 1. The first-order valence-corrected chi connectivity index (χ1v) is 10.5. The van der Waals surface area contributed by atoms with E-state index in [1.54, 1.807) is 15.6 Å². The third kappa shape index (κ3) is 3.57. The lowest BCUT2D eigenvalue weighted by atomic mass is 9.90. The number of aliphatic hydroxyl groups is 1. The molecule has 0 saturated heterocycles. The van der Waals surface area contributed by atoms with Crippen molar-refractivity contribution in [3.05, 3.63) is 95.7 Å². The van der Waals surface area contributed by atoms with Gasteiger partial charge in [0.15, 0.2) is 5.60 Å². The summed E-state index contributed by atoms with van der Waals surface area (Å²) < 4.78 is 44.3. The van der Waals surface area contributed by atoms with Crippen LogP contribution in [0, 0.1) is 0 Å². The molecule has 0 spiro atoms. The van der Waals surface area contributed by atoms with Gasteiger partial charge < -0.3 is 5.11 Å². The SMILES string of the molecule is OC(CN1CCc2ccccc2C1)(c1ccc2c(cnn2-c2ccccc2)c1)C(F)(F)F.